The molecule has 0 bridgehead atoms. The van der Waals surface area contributed by atoms with Gasteiger partial charge in [0.15, 0.2) is 4.60 Å². The fourth-order valence-corrected chi connectivity index (χ4v) is 3.07. The highest BCUT2D eigenvalue weighted by Crippen LogP contribution is 2.34. The zero-order valence-corrected chi connectivity index (χ0v) is 10.8. The molecule has 0 spiro atoms. The van der Waals surface area contributed by atoms with Crippen molar-refractivity contribution in [1.82, 2.24) is 20.3 Å². The molecule has 2 rings (SSSR count). The molecule has 15 heavy (non-hydrogen) atoms. The zero-order valence-electron chi connectivity index (χ0n) is 9.20. The first-order chi connectivity index (χ1) is 7.24. The van der Waals surface area contributed by atoms with Crippen LogP contribution in [0, 0.1) is 5.92 Å². The second kappa shape index (κ2) is 4.61. The van der Waals surface area contributed by atoms with E-state index >= 15 is 0 Å². The molecule has 1 aromatic rings. The second-order valence-corrected chi connectivity index (χ2v) is 4.91. The van der Waals surface area contributed by atoms with Crippen LogP contribution in [-0.4, -0.2) is 28.1 Å². The van der Waals surface area contributed by atoms with E-state index in [-0.39, 0.29) is 0 Å². The maximum Gasteiger partial charge on any atom is 0.151 e. The first-order valence-electron chi connectivity index (χ1n) is 5.49. The van der Waals surface area contributed by atoms with Gasteiger partial charge in [0.2, 0.25) is 0 Å². The molecule has 0 aliphatic carbocycles. The summed E-state index contributed by atoms with van der Waals surface area (Å²) < 4.78 is 2.82. The molecule has 0 radical (unpaired) electrons. The Morgan fingerprint density at radius 2 is 2.40 bits per heavy atom. The van der Waals surface area contributed by atoms with E-state index in [0.29, 0.717) is 11.8 Å². The number of nitrogens with zero attached hydrogens (tertiary/aromatic N) is 3. The lowest BCUT2D eigenvalue weighted by atomic mass is 9.82. The highest BCUT2D eigenvalue weighted by Gasteiger charge is 2.29. The van der Waals surface area contributed by atoms with Gasteiger partial charge in [-0.15, -0.1) is 5.10 Å². The van der Waals surface area contributed by atoms with E-state index in [1.807, 2.05) is 11.7 Å². The van der Waals surface area contributed by atoms with Gasteiger partial charge in [0.25, 0.3) is 0 Å². The number of hydrogen-bond donors (Lipinski definition) is 1. The highest BCUT2D eigenvalue weighted by atomic mass is 79.9. The third-order valence-corrected chi connectivity index (χ3v) is 3.87. The third kappa shape index (κ3) is 2.08. The average molecular weight is 273 g/mol. The van der Waals surface area contributed by atoms with Crippen LogP contribution in [-0.2, 0) is 7.05 Å². The molecule has 0 saturated carbocycles. The summed E-state index contributed by atoms with van der Waals surface area (Å²) in [6, 6.07) is 0. The molecule has 1 aliphatic heterocycles. The molecule has 2 heterocycles. The Morgan fingerprint density at radius 3 is 3.00 bits per heavy atom. The summed E-state index contributed by atoms with van der Waals surface area (Å²) in [7, 11) is 1.97. The molecule has 1 aromatic heterocycles. The molecule has 1 aliphatic rings. The van der Waals surface area contributed by atoms with Crippen molar-refractivity contribution < 1.29 is 0 Å². The van der Waals surface area contributed by atoms with Crippen LogP contribution in [0.3, 0.4) is 0 Å². The van der Waals surface area contributed by atoms with E-state index in [2.05, 4.69) is 38.5 Å². The number of aryl methyl sites for hydroxylation is 1. The normalized spacial score (nSPS) is 26.9. The van der Waals surface area contributed by atoms with Crippen LogP contribution in [0.25, 0.3) is 0 Å². The summed E-state index contributed by atoms with van der Waals surface area (Å²) in [4.78, 5) is 0. The Labute approximate surface area is 98.6 Å². The van der Waals surface area contributed by atoms with Crippen molar-refractivity contribution in [3.05, 3.63) is 10.3 Å². The molecule has 1 fully saturated rings. The van der Waals surface area contributed by atoms with Gasteiger partial charge in [-0.1, -0.05) is 18.6 Å². The minimum Gasteiger partial charge on any atom is -0.316 e. The largest absolute Gasteiger partial charge is 0.316 e. The molecule has 2 unspecified atom stereocenters. The molecule has 2 atom stereocenters. The fourth-order valence-electron chi connectivity index (χ4n) is 2.44. The van der Waals surface area contributed by atoms with E-state index in [4.69, 9.17) is 0 Å². The first-order valence-corrected chi connectivity index (χ1v) is 6.29. The molecule has 84 valence electrons. The highest BCUT2D eigenvalue weighted by molar-refractivity contribution is 9.10. The van der Waals surface area contributed by atoms with Gasteiger partial charge in [-0.2, -0.15) is 0 Å². The lowest BCUT2D eigenvalue weighted by Crippen LogP contribution is -2.35. The van der Waals surface area contributed by atoms with Crippen LogP contribution in [0.4, 0.5) is 0 Å². The van der Waals surface area contributed by atoms with Crippen LogP contribution in [0.15, 0.2) is 4.60 Å². The molecule has 0 aromatic carbocycles. The molecule has 5 heteroatoms. The Morgan fingerprint density at radius 1 is 1.60 bits per heavy atom. The second-order valence-electron chi connectivity index (χ2n) is 4.16. The summed E-state index contributed by atoms with van der Waals surface area (Å²) in [5.74, 6) is 1.29. The third-order valence-electron chi connectivity index (χ3n) is 3.31. The maximum absolute atomic E-state index is 4.07. The van der Waals surface area contributed by atoms with Crippen molar-refractivity contribution in [2.75, 3.05) is 13.1 Å². The topological polar surface area (TPSA) is 42.7 Å². The van der Waals surface area contributed by atoms with E-state index in [1.54, 1.807) is 0 Å². The number of halogens is 1. The van der Waals surface area contributed by atoms with Gasteiger partial charge in [0.05, 0.1) is 5.69 Å². The lowest BCUT2D eigenvalue weighted by Gasteiger charge is -2.31. The summed E-state index contributed by atoms with van der Waals surface area (Å²) in [6.07, 6.45) is 2.38. The molecule has 0 amide bonds. The van der Waals surface area contributed by atoms with Crippen molar-refractivity contribution >= 4 is 15.9 Å². The van der Waals surface area contributed by atoms with E-state index in [1.165, 1.54) is 18.5 Å². The Bertz CT molecular complexity index is 317. The van der Waals surface area contributed by atoms with E-state index < -0.39 is 0 Å². The van der Waals surface area contributed by atoms with Gasteiger partial charge in [-0.25, -0.2) is 0 Å². The number of aromatic nitrogens is 3. The summed E-state index contributed by atoms with van der Waals surface area (Å²) >= 11 is 3.49. The lowest BCUT2D eigenvalue weighted by molar-refractivity contribution is 0.306. The van der Waals surface area contributed by atoms with Crippen LogP contribution in [0.2, 0.25) is 0 Å². The molecule has 1 saturated heterocycles. The minimum atomic E-state index is 0.589. The summed E-state index contributed by atoms with van der Waals surface area (Å²) in [5.41, 5.74) is 1.25. The van der Waals surface area contributed by atoms with Crippen molar-refractivity contribution in [2.24, 2.45) is 13.0 Å². The van der Waals surface area contributed by atoms with Crippen molar-refractivity contribution in [1.29, 1.82) is 0 Å². The van der Waals surface area contributed by atoms with Gasteiger partial charge in [-0.3, -0.25) is 4.68 Å². The van der Waals surface area contributed by atoms with Crippen molar-refractivity contribution in [2.45, 2.75) is 25.7 Å². The number of rotatable bonds is 2. The number of nitrogens with one attached hydrogen (secondary N) is 1. The summed E-state index contributed by atoms with van der Waals surface area (Å²) in [5, 5.41) is 11.6. The minimum absolute atomic E-state index is 0.589. The predicted octanol–water partition coefficient (Wildman–Crippen LogP) is 1.68. The standard InChI is InChI=1S/C10H17BrN4/c1-3-7-6-12-5-4-8(7)9-10(11)13-14-15(9)2/h7-8,12H,3-6H2,1-2H3. The Kier molecular flexibility index (Phi) is 3.41. The predicted molar refractivity (Wildman–Crippen MR) is 62.7 cm³/mol. The van der Waals surface area contributed by atoms with E-state index in [9.17, 15) is 0 Å². The Balaban J connectivity index is 2.27. The quantitative estimate of drug-likeness (QED) is 0.891. The monoisotopic (exact) mass is 272 g/mol. The first kappa shape index (κ1) is 11.1. The Hall–Kier alpha value is -0.420. The van der Waals surface area contributed by atoms with Crippen LogP contribution < -0.4 is 5.32 Å². The smallest absolute Gasteiger partial charge is 0.151 e. The number of piperidine rings is 1. The van der Waals surface area contributed by atoms with Gasteiger partial charge in [0, 0.05) is 13.0 Å². The van der Waals surface area contributed by atoms with Crippen LogP contribution in [0.1, 0.15) is 31.4 Å². The zero-order chi connectivity index (χ0) is 10.8. The SMILES string of the molecule is CCC1CNCCC1c1c(Br)nnn1C. The average Bonchev–Trinajstić information content (AvgIpc) is 2.59. The van der Waals surface area contributed by atoms with E-state index in [0.717, 1.165) is 17.7 Å². The van der Waals surface area contributed by atoms with Gasteiger partial charge >= 0.3 is 0 Å². The maximum atomic E-state index is 4.07. The molecule has 4 nitrogen and oxygen atoms in total. The number of hydrogen-bond acceptors (Lipinski definition) is 3. The molecular weight excluding hydrogens is 256 g/mol. The summed E-state index contributed by atoms with van der Waals surface area (Å²) in [6.45, 7) is 4.46. The van der Waals surface area contributed by atoms with Gasteiger partial charge in [0.1, 0.15) is 0 Å². The fraction of sp³-hybridized carbons (Fsp3) is 0.800. The van der Waals surface area contributed by atoms with Crippen molar-refractivity contribution in [3.8, 4) is 0 Å². The molecular formula is C10H17BrN4. The van der Waals surface area contributed by atoms with Crippen LogP contribution >= 0.6 is 15.9 Å². The van der Waals surface area contributed by atoms with Crippen LogP contribution in [0.5, 0.6) is 0 Å². The van der Waals surface area contributed by atoms with Gasteiger partial charge in [-0.05, 0) is 41.4 Å². The van der Waals surface area contributed by atoms with Gasteiger partial charge < -0.3 is 5.32 Å². The molecule has 1 N–H and O–H groups in total. The van der Waals surface area contributed by atoms with Crippen molar-refractivity contribution in [3.63, 3.8) is 0 Å².